The van der Waals surface area contributed by atoms with Crippen LogP contribution in [0.4, 0.5) is 10.2 Å². The van der Waals surface area contributed by atoms with Gasteiger partial charge < -0.3 is 15.3 Å². The van der Waals surface area contributed by atoms with Crippen molar-refractivity contribution in [2.75, 3.05) is 5.73 Å². The second-order valence-electron chi connectivity index (χ2n) is 4.18. The predicted octanol–water partition coefficient (Wildman–Crippen LogP) is 1.04. The standard InChI is InChI=1S/C12H10FN5O/c1-18-5-9(14)17-10(12(18)19)8-4-16-11-7(8)2-6(13)3-15-11/h2-5H,14H2,1H3,(H,15,16). The van der Waals surface area contributed by atoms with Crippen LogP contribution in [0.5, 0.6) is 0 Å². The Kier molecular flexibility index (Phi) is 2.34. The first-order valence-corrected chi connectivity index (χ1v) is 5.52. The number of fused-ring (bicyclic) bond motifs is 1. The highest BCUT2D eigenvalue weighted by atomic mass is 19.1. The minimum atomic E-state index is -0.478. The van der Waals surface area contributed by atoms with E-state index in [4.69, 9.17) is 5.73 Å². The monoisotopic (exact) mass is 259 g/mol. The number of nitrogen functional groups attached to an aromatic ring is 1. The number of aromatic nitrogens is 4. The summed E-state index contributed by atoms with van der Waals surface area (Å²) in [6.07, 6.45) is 4.10. The molecule has 0 unspecified atom stereocenters. The van der Waals surface area contributed by atoms with Gasteiger partial charge in [-0.15, -0.1) is 0 Å². The minimum absolute atomic E-state index is 0.168. The number of rotatable bonds is 1. The van der Waals surface area contributed by atoms with Crippen LogP contribution in [-0.4, -0.2) is 19.5 Å². The van der Waals surface area contributed by atoms with Gasteiger partial charge in [-0.3, -0.25) is 4.79 Å². The van der Waals surface area contributed by atoms with E-state index in [0.717, 1.165) is 6.20 Å². The van der Waals surface area contributed by atoms with Crippen molar-refractivity contribution in [3.8, 4) is 11.3 Å². The van der Waals surface area contributed by atoms with E-state index in [1.54, 1.807) is 13.2 Å². The predicted molar refractivity (Wildman–Crippen MR) is 68.9 cm³/mol. The highest BCUT2D eigenvalue weighted by Crippen LogP contribution is 2.24. The van der Waals surface area contributed by atoms with Gasteiger partial charge in [-0.25, -0.2) is 14.4 Å². The molecule has 3 aromatic rings. The fourth-order valence-corrected chi connectivity index (χ4v) is 1.98. The molecule has 0 aliphatic carbocycles. The normalized spacial score (nSPS) is 11.1. The second kappa shape index (κ2) is 3.91. The number of nitrogens with two attached hydrogens (primary N) is 1. The van der Waals surface area contributed by atoms with E-state index in [0.29, 0.717) is 16.6 Å². The number of nitrogens with zero attached hydrogens (tertiary/aromatic N) is 3. The third kappa shape index (κ3) is 1.75. The molecule has 0 aromatic carbocycles. The van der Waals surface area contributed by atoms with Crippen molar-refractivity contribution in [3.63, 3.8) is 0 Å². The van der Waals surface area contributed by atoms with Gasteiger partial charge in [0.05, 0.1) is 6.20 Å². The molecule has 3 rings (SSSR count). The van der Waals surface area contributed by atoms with Gasteiger partial charge in [-0.05, 0) is 6.07 Å². The van der Waals surface area contributed by atoms with Gasteiger partial charge in [0, 0.05) is 30.4 Å². The van der Waals surface area contributed by atoms with Crippen molar-refractivity contribution >= 4 is 16.9 Å². The summed E-state index contributed by atoms with van der Waals surface area (Å²) in [4.78, 5) is 22.9. The molecule has 3 N–H and O–H groups in total. The summed E-state index contributed by atoms with van der Waals surface area (Å²) >= 11 is 0. The zero-order valence-corrected chi connectivity index (χ0v) is 10.0. The number of nitrogens with one attached hydrogen (secondary N) is 1. The van der Waals surface area contributed by atoms with Crippen LogP contribution in [0.25, 0.3) is 22.3 Å². The molecule has 19 heavy (non-hydrogen) atoms. The van der Waals surface area contributed by atoms with Crippen molar-refractivity contribution in [1.82, 2.24) is 19.5 Å². The second-order valence-corrected chi connectivity index (χ2v) is 4.18. The van der Waals surface area contributed by atoms with Crippen LogP contribution in [-0.2, 0) is 7.05 Å². The quantitative estimate of drug-likeness (QED) is 0.683. The Labute approximate surface area is 106 Å². The van der Waals surface area contributed by atoms with Crippen LogP contribution >= 0.6 is 0 Å². The first kappa shape index (κ1) is 11.4. The summed E-state index contributed by atoms with van der Waals surface area (Å²) in [7, 11) is 1.58. The molecule has 0 bridgehead atoms. The van der Waals surface area contributed by atoms with Gasteiger partial charge in [0.15, 0.2) is 0 Å². The summed E-state index contributed by atoms with van der Waals surface area (Å²) < 4.78 is 14.6. The lowest BCUT2D eigenvalue weighted by molar-refractivity contribution is 0.624. The molecular weight excluding hydrogens is 249 g/mol. The molecule has 7 heteroatoms. The number of anilines is 1. The SMILES string of the molecule is Cn1cc(N)nc(-c2c[nH]c3ncc(F)cc23)c1=O. The molecule has 3 aromatic heterocycles. The van der Waals surface area contributed by atoms with Crippen molar-refractivity contribution in [3.05, 3.63) is 40.8 Å². The lowest BCUT2D eigenvalue weighted by atomic mass is 10.1. The highest BCUT2D eigenvalue weighted by Gasteiger charge is 2.14. The van der Waals surface area contributed by atoms with Crippen LogP contribution in [0.1, 0.15) is 0 Å². The van der Waals surface area contributed by atoms with E-state index in [-0.39, 0.29) is 17.1 Å². The van der Waals surface area contributed by atoms with Crippen molar-refractivity contribution in [1.29, 1.82) is 0 Å². The molecular formula is C12H10FN5O. The first-order valence-electron chi connectivity index (χ1n) is 5.52. The molecule has 0 saturated carbocycles. The number of hydrogen-bond acceptors (Lipinski definition) is 4. The van der Waals surface area contributed by atoms with Gasteiger partial charge in [0.25, 0.3) is 5.56 Å². The highest BCUT2D eigenvalue weighted by molar-refractivity contribution is 5.92. The summed E-state index contributed by atoms with van der Waals surface area (Å²) in [6.45, 7) is 0. The number of H-pyrrole nitrogens is 1. The molecule has 0 spiro atoms. The van der Waals surface area contributed by atoms with Crippen LogP contribution in [0.3, 0.4) is 0 Å². The summed E-state index contributed by atoms with van der Waals surface area (Å²) in [6, 6.07) is 1.30. The lowest BCUT2D eigenvalue weighted by Crippen LogP contribution is -2.20. The van der Waals surface area contributed by atoms with Gasteiger partial charge in [0.2, 0.25) is 0 Å². The third-order valence-corrected chi connectivity index (χ3v) is 2.84. The molecule has 0 aliphatic rings. The molecule has 0 radical (unpaired) electrons. The molecule has 0 fully saturated rings. The van der Waals surface area contributed by atoms with Crippen molar-refractivity contribution in [2.24, 2.45) is 7.05 Å². The van der Waals surface area contributed by atoms with E-state index in [2.05, 4.69) is 15.0 Å². The Morgan fingerprint density at radius 2 is 2.26 bits per heavy atom. The van der Waals surface area contributed by atoms with E-state index < -0.39 is 5.82 Å². The maximum atomic E-state index is 13.3. The summed E-state index contributed by atoms with van der Waals surface area (Å²) in [5, 5.41) is 0.496. The van der Waals surface area contributed by atoms with Crippen molar-refractivity contribution in [2.45, 2.75) is 0 Å². The van der Waals surface area contributed by atoms with Gasteiger partial charge in [-0.2, -0.15) is 0 Å². The lowest BCUT2D eigenvalue weighted by Gasteiger charge is -2.03. The average Bonchev–Trinajstić information content (AvgIpc) is 2.76. The number of hydrogen-bond donors (Lipinski definition) is 2. The molecule has 3 heterocycles. The number of halogens is 1. The van der Waals surface area contributed by atoms with Crippen LogP contribution in [0.15, 0.2) is 29.5 Å². The molecule has 0 saturated heterocycles. The van der Waals surface area contributed by atoms with E-state index in [9.17, 15) is 9.18 Å². The number of pyridine rings is 1. The smallest absolute Gasteiger partial charge is 0.277 e. The first-order chi connectivity index (χ1) is 9.06. The molecule has 0 atom stereocenters. The molecule has 0 amide bonds. The molecule has 96 valence electrons. The zero-order valence-electron chi connectivity index (χ0n) is 10.0. The topological polar surface area (TPSA) is 89.6 Å². The minimum Gasteiger partial charge on any atom is -0.382 e. The fourth-order valence-electron chi connectivity index (χ4n) is 1.98. The van der Waals surface area contributed by atoms with Gasteiger partial charge in [-0.1, -0.05) is 0 Å². The maximum absolute atomic E-state index is 13.3. The van der Waals surface area contributed by atoms with E-state index >= 15 is 0 Å². The Balaban J connectivity index is 2.36. The van der Waals surface area contributed by atoms with Gasteiger partial charge in [0.1, 0.15) is 23.0 Å². The van der Waals surface area contributed by atoms with Gasteiger partial charge >= 0.3 is 0 Å². The Bertz CT molecular complexity index is 836. The maximum Gasteiger partial charge on any atom is 0.277 e. The van der Waals surface area contributed by atoms with Crippen LogP contribution < -0.4 is 11.3 Å². The molecule has 0 aliphatic heterocycles. The fraction of sp³-hybridized carbons (Fsp3) is 0.0833. The average molecular weight is 259 g/mol. The Morgan fingerprint density at radius 1 is 1.47 bits per heavy atom. The summed E-state index contributed by atoms with van der Waals surface area (Å²) in [5.41, 5.74) is 6.47. The summed E-state index contributed by atoms with van der Waals surface area (Å²) in [5.74, 6) is -0.259. The zero-order chi connectivity index (χ0) is 13.6. The van der Waals surface area contributed by atoms with E-state index in [1.807, 2.05) is 0 Å². The largest absolute Gasteiger partial charge is 0.382 e. The van der Waals surface area contributed by atoms with E-state index in [1.165, 1.54) is 16.8 Å². The number of aryl methyl sites for hydroxylation is 1. The number of aromatic amines is 1. The van der Waals surface area contributed by atoms with Crippen LogP contribution in [0.2, 0.25) is 0 Å². The van der Waals surface area contributed by atoms with Crippen molar-refractivity contribution < 1.29 is 4.39 Å². The Morgan fingerprint density at radius 3 is 3.05 bits per heavy atom. The van der Waals surface area contributed by atoms with Crippen LogP contribution in [0, 0.1) is 5.82 Å². The Hall–Kier alpha value is -2.70. The molecule has 6 nitrogen and oxygen atoms in total. The third-order valence-electron chi connectivity index (χ3n) is 2.84.